The molecule has 198 valence electrons. The molecule has 0 aliphatic rings. The molecule has 0 spiro atoms. The van der Waals surface area contributed by atoms with E-state index in [2.05, 4.69) is 83.8 Å². The molecule has 7 heteroatoms. The lowest BCUT2D eigenvalue weighted by Crippen LogP contribution is -2.47. The molecule has 0 saturated heterocycles. The van der Waals surface area contributed by atoms with Gasteiger partial charge in [-0.25, -0.2) is 0 Å². The molecule has 0 saturated carbocycles. The molecule has 0 heterocycles. The molecule has 6 nitrogen and oxygen atoms in total. The fourth-order valence-electron chi connectivity index (χ4n) is 3.84. The number of aliphatic carboxylic acids is 1. The van der Waals surface area contributed by atoms with Crippen molar-refractivity contribution >= 4 is 30.9 Å². The molecule has 36 heavy (non-hydrogen) atoms. The van der Waals surface area contributed by atoms with Gasteiger partial charge in [0.2, 0.25) is 0 Å². The van der Waals surface area contributed by atoms with Gasteiger partial charge in [-0.15, -0.1) is 0 Å². The third-order valence-electron chi connectivity index (χ3n) is 6.20. The largest absolute Gasteiger partial charge is 0.497 e. The van der Waals surface area contributed by atoms with E-state index in [0.29, 0.717) is 12.0 Å². The van der Waals surface area contributed by atoms with Gasteiger partial charge in [-0.05, 0) is 35.1 Å². The minimum Gasteiger partial charge on any atom is -0.497 e. The van der Waals surface area contributed by atoms with Crippen LogP contribution in [0.15, 0.2) is 36.4 Å². The number of hydrogen-bond donors (Lipinski definition) is 1. The van der Waals surface area contributed by atoms with Crippen LogP contribution in [0, 0.1) is 0 Å². The van der Waals surface area contributed by atoms with Crippen LogP contribution in [-0.4, -0.2) is 45.4 Å². The summed E-state index contributed by atoms with van der Waals surface area (Å²) in [5.74, 6) is -0.308. The molecule has 0 fully saturated rings. The normalized spacial score (nSPS) is 12.3. The first-order valence-electron chi connectivity index (χ1n) is 12.4. The Morgan fingerprint density at radius 1 is 0.889 bits per heavy atom. The summed E-state index contributed by atoms with van der Waals surface area (Å²) < 4.78 is 12.3. The Labute approximate surface area is 217 Å². The van der Waals surface area contributed by atoms with Gasteiger partial charge in [-0.2, -0.15) is 0 Å². The van der Waals surface area contributed by atoms with Gasteiger partial charge in [0.05, 0.1) is 19.1 Å². The lowest BCUT2D eigenvalue weighted by atomic mass is 9.79. The van der Waals surface area contributed by atoms with Crippen LogP contribution < -0.4 is 19.6 Å². The maximum atomic E-state index is 12.5. The van der Waals surface area contributed by atoms with Crippen molar-refractivity contribution in [2.24, 2.45) is 0 Å². The van der Waals surface area contributed by atoms with Crippen LogP contribution in [0.3, 0.4) is 0 Å². The standard InChI is InChI=1S/C29H43NO5Si/c1-28(2,3)23-17-21(34-19-36(9,10)22-13-11-20(12-14-22)30(7)8)18-24(29(4,5)6)27(23)35-26(33)16-15-25(31)32/h11-14,17-18H,15-16,19H2,1-10H3,(H,31,32). The maximum Gasteiger partial charge on any atom is 0.311 e. The van der Waals surface area contributed by atoms with Crippen molar-refractivity contribution in [1.29, 1.82) is 0 Å². The highest BCUT2D eigenvalue weighted by atomic mass is 28.3. The van der Waals surface area contributed by atoms with Crippen LogP contribution in [0.4, 0.5) is 5.69 Å². The van der Waals surface area contributed by atoms with Gasteiger partial charge in [0.15, 0.2) is 0 Å². The fraction of sp³-hybridized carbons (Fsp3) is 0.517. The number of anilines is 1. The van der Waals surface area contributed by atoms with Crippen LogP contribution in [0.2, 0.25) is 13.1 Å². The second kappa shape index (κ2) is 11.1. The Balaban J connectivity index is 2.43. The van der Waals surface area contributed by atoms with Gasteiger partial charge < -0.3 is 19.5 Å². The lowest BCUT2D eigenvalue weighted by molar-refractivity contribution is -0.142. The van der Waals surface area contributed by atoms with Crippen molar-refractivity contribution in [1.82, 2.24) is 0 Å². The molecular formula is C29H43NO5Si. The molecular weight excluding hydrogens is 470 g/mol. The molecule has 2 aromatic carbocycles. The molecule has 0 atom stereocenters. The van der Waals surface area contributed by atoms with E-state index in [1.807, 2.05) is 26.2 Å². The number of carbonyl (C=O) groups is 2. The van der Waals surface area contributed by atoms with E-state index in [1.54, 1.807) is 0 Å². The van der Waals surface area contributed by atoms with Crippen molar-refractivity contribution in [3.05, 3.63) is 47.5 Å². The molecule has 0 unspecified atom stereocenters. The highest BCUT2D eigenvalue weighted by molar-refractivity contribution is 6.89. The van der Waals surface area contributed by atoms with E-state index < -0.39 is 20.0 Å². The summed E-state index contributed by atoms with van der Waals surface area (Å²) in [4.78, 5) is 25.5. The lowest BCUT2D eigenvalue weighted by Gasteiger charge is -2.31. The monoisotopic (exact) mass is 513 g/mol. The minimum absolute atomic E-state index is 0.173. The van der Waals surface area contributed by atoms with Crippen LogP contribution in [0.5, 0.6) is 11.5 Å². The van der Waals surface area contributed by atoms with Crippen molar-refractivity contribution in [3.8, 4) is 11.5 Å². The predicted molar refractivity (Wildman–Crippen MR) is 150 cm³/mol. The first kappa shape index (κ1) is 29.4. The molecule has 0 aliphatic carbocycles. The van der Waals surface area contributed by atoms with Crippen LogP contribution in [0.25, 0.3) is 0 Å². The number of ether oxygens (including phenoxy) is 2. The summed E-state index contributed by atoms with van der Waals surface area (Å²) in [6.45, 7) is 17.0. The van der Waals surface area contributed by atoms with E-state index >= 15 is 0 Å². The van der Waals surface area contributed by atoms with Gasteiger partial charge in [0, 0.05) is 30.9 Å². The molecule has 0 bridgehead atoms. The summed E-state index contributed by atoms with van der Waals surface area (Å²) in [7, 11) is 2.18. The van der Waals surface area contributed by atoms with Crippen LogP contribution in [0.1, 0.15) is 65.5 Å². The number of carboxylic acids is 1. The highest BCUT2D eigenvalue weighted by Crippen LogP contribution is 2.43. The van der Waals surface area contributed by atoms with E-state index in [9.17, 15) is 9.59 Å². The van der Waals surface area contributed by atoms with Gasteiger partial charge in [-0.3, -0.25) is 9.59 Å². The van der Waals surface area contributed by atoms with Crippen molar-refractivity contribution < 1.29 is 24.2 Å². The first-order chi connectivity index (χ1) is 16.4. The third-order valence-corrected chi connectivity index (χ3v) is 8.96. The SMILES string of the molecule is CN(C)c1ccc([Si](C)(C)COc2cc(C(C)(C)C)c(OC(=O)CCC(=O)O)c(C(C)(C)C)c2)cc1. The number of benzene rings is 2. The second-order valence-electron chi connectivity index (χ2n) is 12.3. The Kier molecular flexibility index (Phi) is 9.05. The zero-order valence-electron chi connectivity index (χ0n) is 23.6. The molecule has 0 radical (unpaired) electrons. The van der Waals surface area contributed by atoms with Crippen molar-refractivity contribution in [3.63, 3.8) is 0 Å². The smallest absolute Gasteiger partial charge is 0.311 e. The second-order valence-corrected chi connectivity index (χ2v) is 17.0. The summed E-state index contributed by atoms with van der Waals surface area (Å²) in [6, 6.07) is 12.6. The summed E-state index contributed by atoms with van der Waals surface area (Å²) >= 11 is 0. The molecule has 0 amide bonds. The van der Waals surface area contributed by atoms with Gasteiger partial charge >= 0.3 is 11.9 Å². The summed E-state index contributed by atoms with van der Waals surface area (Å²) in [5, 5.41) is 10.3. The van der Waals surface area contributed by atoms with Crippen LogP contribution in [-0.2, 0) is 20.4 Å². The van der Waals surface area contributed by atoms with Crippen molar-refractivity contribution in [2.45, 2.75) is 78.3 Å². The Bertz CT molecular complexity index is 1040. The van der Waals surface area contributed by atoms with E-state index in [0.717, 1.165) is 16.9 Å². The number of nitrogens with zero attached hydrogens (tertiary/aromatic N) is 1. The molecule has 2 rings (SSSR count). The molecule has 2 aromatic rings. The minimum atomic E-state index is -1.89. The van der Waals surface area contributed by atoms with Crippen molar-refractivity contribution in [2.75, 3.05) is 25.2 Å². The first-order valence-corrected chi connectivity index (χ1v) is 15.6. The highest BCUT2D eigenvalue weighted by Gasteiger charge is 2.31. The zero-order valence-corrected chi connectivity index (χ0v) is 24.6. The Hall–Kier alpha value is -2.80. The molecule has 0 aromatic heterocycles. The molecule has 0 aliphatic heterocycles. The van der Waals surface area contributed by atoms with E-state index in [4.69, 9.17) is 14.6 Å². The number of rotatable bonds is 9. The number of esters is 1. The predicted octanol–water partition coefficient (Wildman–Crippen LogP) is 5.65. The van der Waals surface area contributed by atoms with E-state index in [1.165, 1.54) is 10.9 Å². The average Bonchev–Trinajstić information content (AvgIpc) is 2.75. The maximum absolute atomic E-state index is 12.5. The quantitative estimate of drug-likeness (QED) is 0.265. The summed E-state index contributed by atoms with van der Waals surface area (Å²) in [5.41, 5.74) is 2.25. The average molecular weight is 514 g/mol. The molecule has 1 N–H and O–H groups in total. The zero-order chi connectivity index (χ0) is 27.5. The topological polar surface area (TPSA) is 76.1 Å². The third kappa shape index (κ3) is 7.85. The fourth-order valence-corrected chi connectivity index (χ4v) is 5.60. The van der Waals surface area contributed by atoms with Gasteiger partial charge in [0.1, 0.15) is 19.6 Å². The van der Waals surface area contributed by atoms with Gasteiger partial charge in [-0.1, -0.05) is 72.0 Å². The Morgan fingerprint density at radius 3 is 1.81 bits per heavy atom. The van der Waals surface area contributed by atoms with Crippen LogP contribution >= 0.6 is 0 Å². The number of hydrogen-bond acceptors (Lipinski definition) is 5. The van der Waals surface area contributed by atoms with Gasteiger partial charge in [0.25, 0.3) is 0 Å². The Morgan fingerprint density at radius 2 is 1.39 bits per heavy atom. The number of carboxylic acid groups (broad SMARTS) is 1. The van der Waals surface area contributed by atoms with E-state index in [-0.39, 0.29) is 23.7 Å². The number of carbonyl (C=O) groups excluding carboxylic acids is 1. The summed E-state index contributed by atoms with van der Waals surface area (Å²) in [6.07, 6.45) is 0.178.